The molecule has 38 heavy (non-hydrogen) atoms. The molecule has 0 bridgehead atoms. The van der Waals surface area contributed by atoms with Crippen LogP contribution in [-0.4, -0.2) is 43.8 Å². The molecule has 0 unspecified atom stereocenters. The molecule has 3 aromatic carbocycles. The Bertz CT molecular complexity index is 1400. The van der Waals surface area contributed by atoms with E-state index in [9.17, 15) is 18.0 Å². The fourth-order valence-corrected chi connectivity index (χ4v) is 5.82. The number of benzene rings is 3. The van der Waals surface area contributed by atoms with E-state index in [1.54, 1.807) is 49.4 Å². The second-order valence-corrected chi connectivity index (χ2v) is 12.1. The molecule has 1 atom stereocenters. The van der Waals surface area contributed by atoms with Gasteiger partial charge in [0.15, 0.2) is 0 Å². The maximum Gasteiger partial charge on any atom is 0.264 e. The number of anilines is 1. The van der Waals surface area contributed by atoms with Crippen molar-refractivity contribution in [3.63, 3.8) is 0 Å². The van der Waals surface area contributed by atoms with Gasteiger partial charge >= 0.3 is 0 Å². The minimum atomic E-state index is -4.25. The summed E-state index contributed by atoms with van der Waals surface area (Å²) in [5, 5.41) is 3.60. The number of carbonyl (C=O) groups excluding carboxylic acids is 2. The summed E-state index contributed by atoms with van der Waals surface area (Å²) in [5.41, 5.74) is 0.715. The van der Waals surface area contributed by atoms with Crippen LogP contribution in [0.3, 0.4) is 0 Å². The van der Waals surface area contributed by atoms with Crippen molar-refractivity contribution in [2.24, 2.45) is 0 Å². The number of carbonyl (C=O) groups is 2. The SMILES string of the molecule is CC(C)NC(=O)[C@H](C)N(Cc1cccc(Cl)c1)C(=O)CN(c1cc(Cl)ccc1Cl)S(=O)(=O)c1ccccc1. The minimum absolute atomic E-state index is 0.0224. The average Bonchev–Trinajstić information content (AvgIpc) is 2.87. The summed E-state index contributed by atoms with van der Waals surface area (Å²) in [5.74, 6) is -0.999. The largest absolute Gasteiger partial charge is 0.352 e. The first-order valence-electron chi connectivity index (χ1n) is 11.8. The van der Waals surface area contributed by atoms with Crippen molar-refractivity contribution in [1.29, 1.82) is 0 Å². The van der Waals surface area contributed by atoms with Gasteiger partial charge < -0.3 is 10.2 Å². The normalized spacial score (nSPS) is 12.2. The zero-order chi connectivity index (χ0) is 28.0. The number of rotatable bonds is 10. The average molecular weight is 597 g/mol. The summed E-state index contributed by atoms with van der Waals surface area (Å²) in [6.45, 7) is 4.60. The van der Waals surface area contributed by atoms with Gasteiger partial charge in [0.25, 0.3) is 10.0 Å². The molecule has 0 saturated carbocycles. The first kappa shape index (κ1) is 29.8. The molecule has 0 aliphatic carbocycles. The highest BCUT2D eigenvalue weighted by Gasteiger charge is 2.33. The van der Waals surface area contributed by atoms with E-state index < -0.39 is 28.5 Å². The van der Waals surface area contributed by atoms with Crippen LogP contribution in [-0.2, 0) is 26.2 Å². The monoisotopic (exact) mass is 595 g/mol. The van der Waals surface area contributed by atoms with Gasteiger partial charge in [-0.25, -0.2) is 8.42 Å². The third-order valence-corrected chi connectivity index (χ3v) is 8.19. The Morgan fingerprint density at radius 2 is 1.53 bits per heavy atom. The number of hydrogen-bond donors (Lipinski definition) is 1. The van der Waals surface area contributed by atoms with E-state index in [0.29, 0.717) is 10.6 Å². The Kier molecular flexibility index (Phi) is 10.1. The van der Waals surface area contributed by atoms with Crippen molar-refractivity contribution in [3.05, 3.63) is 93.4 Å². The summed E-state index contributed by atoms with van der Waals surface area (Å²) in [6.07, 6.45) is 0. The van der Waals surface area contributed by atoms with Crippen LogP contribution < -0.4 is 9.62 Å². The first-order chi connectivity index (χ1) is 17.9. The molecule has 11 heteroatoms. The zero-order valence-electron chi connectivity index (χ0n) is 21.1. The molecule has 0 radical (unpaired) electrons. The van der Waals surface area contributed by atoms with Gasteiger partial charge in [-0.05, 0) is 68.8 Å². The van der Waals surface area contributed by atoms with E-state index >= 15 is 0 Å². The van der Waals surface area contributed by atoms with Crippen LogP contribution in [0.5, 0.6) is 0 Å². The van der Waals surface area contributed by atoms with Crippen LogP contribution in [0.15, 0.2) is 77.7 Å². The summed E-state index contributed by atoms with van der Waals surface area (Å²) in [7, 11) is -4.25. The van der Waals surface area contributed by atoms with E-state index in [2.05, 4.69) is 5.32 Å². The fourth-order valence-electron chi connectivity index (χ4n) is 3.73. The van der Waals surface area contributed by atoms with E-state index in [4.69, 9.17) is 34.8 Å². The van der Waals surface area contributed by atoms with E-state index in [-0.39, 0.29) is 39.1 Å². The summed E-state index contributed by atoms with van der Waals surface area (Å²) in [6, 6.07) is 17.9. The molecule has 3 aromatic rings. The maximum absolute atomic E-state index is 13.9. The lowest BCUT2D eigenvalue weighted by molar-refractivity contribution is -0.139. The Morgan fingerprint density at radius 3 is 2.16 bits per heavy atom. The molecule has 0 heterocycles. The lowest BCUT2D eigenvalue weighted by Crippen LogP contribution is -2.52. The van der Waals surface area contributed by atoms with Gasteiger partial charge in [-0.15, -0.1) is 0 Å². The molecule has 0 aromatic heterocycles. The Labute approximate surface area is 238 Å². The Hall–Kier alpha value is -2.78. The van der Waals surface area contributed by atoms with Crippen LogP contribution in [0.4, 0.5) is 5.69 Å². The first-order valence-corrected chi connectivity index (χ1v) is 14.3. The van der Waals surface area contributed by atoms with E-state index in [1.165, 1.54) is 35.2 Å². The van der Waals surface area contributed by atoms with Gasteiger partial charge in [-0.3, -0.25) is 13.9 Å². The molecular formula is C27H28Cl3N3O4S. The Balaban J connectivity index is 2.07. The maximum atomic E-state index is 13.9. The Morgan fingerprint density at radius 1 is 0.868 bits per heavy atom. The molecule has 0 aliphatic heterocycles. The minimum Gasteiger partial charge on any atom is -0.352 e. The molecule has 7 nitrogen and oxygen atoms in total. The highest BCUT2D eigenvalue weighted by Crippen LogP contribution is 2.33. The lowest BCUT2D eigenvalue weighted by atomic mass is 10.1. The molecular weight excluding hydrogens is 569 g/mol. The van der Waals surface area contributed by atoms with Crippen molar-refractivity contribution in [3.8, 4) is 0 Å². The molecule has 3 rings (SSSR count). The summed E-state index contributed by atoms with van der Waals surface area (Å²) >= 11 is 18.7. The van der Waals surface area contributed by atoms with Crippen LogP contribution in [0, 0.1) is 0 Å². The van der Waals surface area contributed by atoms with Gasteiger partial charge in [0.05, 0.1) is 15.6 Å². The van der Waals surface area contributed by atoms with Crippen molar-refractivity contribution in [2.45, 2.75) is 44.3 Å². The van der Waals surface area contributed by atoms with Crippen LogP contribution in [0.1, 0.15) is 26.3 Å². The zero-order valence-corrected chi connectivity index (χ0v) is 24.2. The van der Waals surface area contributed by atoms with Crippen LogP contribution in [0.25, 0.3) is 0 Å². The van der Waals surface area contributed by atoms with E-state index in [0.717, 1.165) is 4.31 Å². The quantitative estimate of drug-likeness (QED) is 0.321. The standard InChI is InChI=1S/C27H28Cl3N3O4S/c1-18(2)31-27(35)19(3)32(16-20-8-7-9-21(28)14-20)26(34)17-33(25-15-22(29)12-13-24(25)30)38(36,37)23-10-5-4-6-11-23/h4-15,18-19H,16-17H2,1-3H3,(H,31,35)/t19-/m0/s1. The van der Waals surface area contributed by atoms with Gasteiger partial charge in [-0.1, -0.05) is 65.1 Å². The fraction of sp³-hybridized carbons (Fsp3) is 0.259. The van der Waals surface area contributed by atoms with Crippen molar-refractivity contribution >= 4 is 62.3 Å². The lowest BCUT2D eigenvalue weighted by Gasteiger charge is -2.32. The van der Waals surface area contributed by atoms with Gasteiger partial charge in [0, 0.05) is 22.6 Å². The number of hydrogen-bond acceptors (Lipinski definition) is 4. The van der Waals surface area contributed by atoms with Crippen LogP contribution in [0.2, 0.25) is 15.1 Å². The predicted molar refractivity (Wildman–Crippen MR) is 152 cm³/mol. The molecule has 1 N–H and O–H groups in total. The number of sulfonamides is 1. The second kappa shape index (κ2) is 12.8. The molecule has 0 fully saturated rings. The van der Waals surface area contributed by atoms with Crippen LogP contribution >= 0.6 is 34.8 Å². The number of amides is 2. The number of nitrogens with zero attached hydrogens (tertiary/aromatic N) is 2. The topological polar surface area (TPSA) is 86.8 Å². The highest BCUT2D eigenvalue weighted by molar-refractivity contribution is 7.92. The molecule has 0 spiro atoms. The van der Waals surface area contributed by atoms with Crippen molar-refractivity contribution in [1.82, 2.24) is 10.2 Å². The van der Waals surface area contributed by atoms with Gasteiger partial charge in [0.2, 0.25) is 11.8 Å². The second-order valence-electron chi connectivity index (χ2n) is 8.91. The smallest absolute Gasteiger partial charge is 0.264 e. The third-order valence-electron chi connectivity index (χ3n) is 5.63. The van der Waals surface area contributed by atoms with Gasteiger partial charge in [0.1, 0.15) is 12.6 Å². The van der Waals surface area contributed by atoms with Gasteiger partial charge in [-0.2, -0.15) is 0 Å². The van der Waals surface area contributed by atoms with Crippen molar-refractivity contribution in [2.75, 3.05) is 10.8 Å². The highest BCUT2D eigenvalue weighted by atomic mass is 35.5. The van der Waals surface area contributed by atoms with Crippen molar-refractivity contribution < 1.29 is 18.0 Å². The molecule has 2 amide bonds. The number of nitrogens with one attached hydrogen (secondary N) is 1. The van der Waals surface area contributed by atoms with E-state index in [1.807, 2.05) is 13.8 Å². The summed E-state index contributed by atoms with van der Waals surface area (Å²) in [4.78, 5) is 28.1. The molecule has 0 saturated heterocycles. The number of halogens is 3. The molecule has 0 aliphatic rings. The third kappa shape index (κ3) is 7.41. The summed E-state index contributed by atoms with van der Waals surface area (Å²) < 4.78 is 28.4. The molecule has 202 valence electrons. The predicted octanol–water partition coefficient (Wildman–Crippen LogP) is 5.78.